The van der Waals surface area contributed by atoms with Gasteiger partial charge in [0.15, 0.2) is 12.2 Å². The number of hydrogen-bond acceptors (Lipinski definition) is 15. The van der Waals surface area contributed by atoms with E-state index in [1.165, 1.54) is 148 Å². The van der Waals surface area contributed by atoms with Crippen LogP contribution >= 0.6 is 15.6 Å². The van der Waals surface area contributed by atoms with Crippen LogP contribution in [0.1, 0.15) is 343 Å². The molecular weight excluding hydrogens is 1190 g/mol. The SMILES string of the molecule is CCCCCC/C=C\C=C/CCCCCCCC(=O)O[C@H](COC(=O)CCCCCCCCCCCCCCCC)COP(=O)(O)OC[C@@H](O)COP(=O)(O)OC[C@@H](COC(=O)CCCCCCCCC(C)C)OC(=O)CCCCCCCCCCCCCC. The quantitative estimate of drug-likeness (QED) is 0.0169. The fourth-order valence-electron chi connectivity index (χ4n) is 10.3. The Bertz CT molecular complexity index is 1830. The number of aliphatic hydroxyl groups is 1. The molecule has 0 saturated heterocycles. The van der Waals surface area contributed by atoms with Gasteiger partial charge in [-0.2, -0.15) is 0 Å². The van der Waals surface area contributed by atoms with Gasteiger partial charge in [-0.05, 0) is 57.3 Å². The molecule has 17 nitrogen and oxygen atoms in total. The van der Waals surface area contributed by atoms with Crippen LogP contribution in [-0.4, -0.2) is 96.7 Å². The fourth-order valence-corrected chi connectivity index (χ4v) is 11.9. The summed E-state index contributed by atoms with van der Waals surface area (Å²) in [7, 11) is -9.91. The second kappa shape index (κ2) is 63.9. The number of rotatable bonds is 69. The third-order valence-electron chi connectivity index (χ3n) is 15.9. The predicted molar refractivity (Wildman–Crippen MR) is 363 cm³/mol. The van der Waals surface area contributed by atoms with Crippen molar-refractivity contribution < 1.29 is 80.2 Å². The number of ether oxygens (including phenoxy) is 4. The van der Waals surface area contributed by atoms with Gasteiger partial charge in [0.25, 0.3) is 0 Å². The van der Waals surface area contributed by atoms with Crippen molar-refractivity contribution in [2.45, 2.75) is 361 Å². The topological polar surface area (TPSA) is 237 Å². The highest BCUT2D eigenvalue weighted by atomic mass is 31.2. The second-order valence-corrected chi connectivity index (χ2v) is 28.3. The molecule has 19 heteroatoms. The number of phosphoric ester groups is 2. The van der Waals surface area contributed by atoms with Gasteiger partial charge in [-0.1, -0.05) is 290 Å². The molecule has 0 bridgehead atoms. The standard InChI is InChI=1S/C71H134O17P2/c1-6-9-12-15-18-21-24-27-29-31-34-37-40-47-52-57-71(76)87-66(60-81-68(73)54-49-44-38-35-33-30-28-25-22-19-16-13-10-7-2)62-85-89(77,78)83-58-65(72)59-84-90(79,80)86-63-67(61-82-69(74)55-50-45-42-41-43-48-53-64(4)5)88-70(75)56-51-46-39-36-32-26-23-20-17-14-11-8-3/h21,24,27,29,64-67,72H,6-20,22-23,25-26,28,30-63H2,1-5H3,(H,77,78)(H,79,80)/b24-21-,29-27-/t65-,66-,67-/m1/s1. The molecule has 0 amide bonds. The molecule has 5 atom stereocenters. The van der Waals surface area contributed by atoms with Crippen molar-refractivity contribution in [1.82, 2.24) is 0 Å². The lowest BCUT2D eigenvalue weighted by Crippen LogP contribution is -2.30. The molecule has 0 aromatic heterocycles. The Balaban J connectivity index is 5.28. The second-order valence-electron chi connectivity index (χ2n) is 25.4. The first-order valence-electron chi connectivity index (χ1n) is 36.5. The zero-order chi connectivity index (χ0) is 66.3. The molecule has 0 aliphatic heterocycles. The maximum Gasteiger partial charge on any atom is 0.472 e. The van der Waals surface area contributed by atoms with Gasteiger partial charge < -0.3 is 33.8 Å². The van der Waals surface area contributed by atoms with Gasteiger partial charge >= 0.3 is 39.5 Å². The van der Waals surface area contributed by atoms with E-state index in [2.05, 4.69) is 58.9 Å². The molecule has 0 aromatic rings. The zero-order valence-electron chi connectivity index (χ0n) is 57.8. The lowest BCUT2D eigenvalue weighted by Gasteiger charge is -2.21. The van der Waals surface area contributed by atoms with E-state index in [4.69, 9.17) is 37.0 Å². The number of carbonyl (C=O) groups is 4. The monoisotopic (exact) mass is 1320 g/mol. The number of esters is 4. The summed E-state index contributed by atoms with van der Waals surface area (Å²) in [6, 6.07) is 0. The molecule has 530 valence electrons. The first-order valence-corrected chi connectivity index (χ1v) is 39.4. The van der Waals surface area contributed by atoms with E-state index in [0.717, 1.165) is 109 Å². The summed E-state index contributed by atoms with van der Waals surface area (Å²) in [6.45, 7) is 7.10. The number of unbranched alkanes of at least 4 members (excludes halogenated alkanes) is 38. The summed E-state index contributed by atoms with van der Waals surface area (Å²) >= 11 is 0. The minimum Gasteiger partial charge on any atom is -0.462 e. The van der Waals surface area contributed by atoms with Crippen LogP contribution in [0.3, 0.4) is 0 Å². The molecule has 0 aromatic carbocycles. The minimum atomic E-state index is -4.96. The number of hydrogen-bond donors (Lipinski definition) is 3. The van der Waals surface area contributed by atoms with Gasteiger partial charge in [-0.15, -0.1) is 0 Å². The molecular formula is C71H134O17P2. The third-order valence-corrected chi connectivity index (χ3v) is 17.8. The molecule has 0 fully saturated rings. The largest absolute Gasteiger partial charge is 0.472 e. The lowest BCUT2D eigenvalue weighted by molar-refractivity contribution is -0.161. The first-order chi connectivity index (χ1) is 43.5. The molecule has 0 aliphatic rings. The molecule has 0 spiro atoms. The summed E-state index contributed by atoms with van der Waals surface area (Å²) in [5, 5.41) is 10.6. The smallest absolute Gasteiger partial charge is 0.462 e. The summed E-state index contributed by atoms with van der Waals surface area (Å²) < 4.78 is 68.2. The van der Waals surface area contributed by atoms with Crippen molar-refractivity contribution in [3.05, 3.63) is 24.3 Å². The van der Waals surface area contributed by atoms with Crippen LogP contribution in [0.2, 0.25) is 0 Å². The van der Waals surface area contributed by atoms with Gasteiger partial charge in [-0.3, -0.25) is 37.3 Å². The van der Waals surface area contributed by atoms with E-state index in [9.17, 15) is 43.2 Å². The van der Waals surface area contributed by atoms with E-state index in [1.54, 1.807) is 0 Å². The number of aliphatic hydroxyl groups excluding tert-OH is 1. The molecule has 0 rings (SSSR count). The molecule has 0 radical (unpaired) electrons. The average Bonchev–Trinajstić information content (AvgIpc) is 3.69. The van der Waals surface area contributed by atoms with Crippen molar-refractivity contribution in [3.63, 3.8) is 0 Å². The van der Waals surface area contributed by atoms with Crippen molar-refractivity contribution in [1.29, 1.82) is 0 Å². The highest BCUT2D eigenvalue weighted by molar-refractivity contribution is 7.47. The van der Waals surface area contributed by atoms with Crippen LogP contribution in [0.5, 0.6) is 0 Å². The molecule has 0 heterocycles. The number of allylic oxidation sites excluding steroid dienone is 4. The van der Waals surface area contributed by atoms with Crippen molar-refractivity contribution in [2.75, 3.05) is 39.6 Å². The summed E-state index contributed by atoms with van der Waals surface area (Å²) in [4.78, 5) is 72.5. The maximum absolute atomic E-state index is 13.0. The van der Waals surface area contributed by atoms with E-state index in [0.29, 0.717) is 31.6 Å². The molecule has 0 aliphatic carbocycles. The maximum atomic E-state index is 13.0. The summed E-state index contributed by atoms with van der Waals surface area (Å²) in [5.41, 5.74) is 0. The molecule has 90 heavy (non-hydrogen) atoms. The van der Waals surface area contributed by atoms with Crippen LogP contribution in [-0.2, 0) is 65.4 Å². The van der Waals surface area contributed by atoms with Gasteiger partial charge in [-0.25, -0.2) is 9.13 Å². The Kier molecular flexibility index (Phi) is 62.2. The van der Waals surface area contributed by atoms with Crippen molar-refractivity contribution >= 4 is 39.5 Å². The number of carbonyl (C=O) groups excluding carboxylic acids is 4. The van der Waals surface area contributed by atoms with E-state index in [-0.39, 0.29) is 25.7 Å². The summed E-state index contributed by atoms with van der Waals surface area (Å²) in [5.74, 6) is -1.47. The van der Waals surface area contributed by atoms with Gasteiger partial charge in [0, 0.05) is 25.7 Å². The molecule has 3 N–H and O–H groups in total. The van der Waals surface area contributed by atoms with Gasteiger partial charge in [0.05, 0.1) is 26.4 Å². The predicted octanol–water partition coefficient (Wildman–Crippen LogP) is 20.1. The normalized spacial score (nSPS) is 14.2. The van der Waals surface area contributed by atoms with Crippen LogP contribution < -0.4 is 0 Å². The van der Waals surface area contributed by atoms with Crippen LogP contribution in [0.25, 0.3) is 0 Å². The van der Waals surface area contributed by atoms with Crippen molar-refractivity contribution in [3.8, 4) is 0 Å². The lowest BCUT2D eigenvalue weighted by atomic mass is 10.0. The Morgan fingerprint density at radius 3 is 0.911 bits per heavy atom. The van der Waals surface area contributed by atoms with Crippen LogP contribution in [0.15, 0.2) is 24.3 Å². The van der Waals surface area contributed by atoms with Gasteiger partial charge in [0.1, 0.15) is 19.3 Å². The zero-order valence-corrected chi connectivity index (χ0v) is 59.5. The Morgan fingerprint density at radius 2 is 0.600 bits per heavy atom. The Morgan fingerprint density at radius 1 is 0.344 bits per heavy atom. The van der Waals surface area contributed by atoms with Gasteiger partial charge in [0.2, 0.25) is 0 Å². The van der Waals surface area contributed by atoms with E-state index < -0.39 is 97.5 Å². The number of phosphoric acid groups is 2. The van der Waals surface area contributed by atoms with E-state index in [1.807, 2.05) is 0 Å². The highest BCUT2D eigenvalue weighted by Gasteiger charge is 2.30. The Hall–Kier alpha value is -2.46. The van der Waals surface area contributed by atoms with Crippen molar-refractivity contribution in [2.24, 2.45) is 5.92 Å². The minimum absolute atomic E-state index is 0.0855. The van der Waals surface area contributed by atoms with E-state index >= 15 is 0 Å². The average molecular weight is 1320 g/mol. The fraction of sp³-hybridized carbons (Fsp3) is 0.887. The summed E-state index contributed by atoms with van der Waals surface area (Å²) in [6.07, 6.45) is 53.6. The molecule has 2 unspecified atom stereocenters. The van der Waals surface area contributed by atoms with Crippen LogP contribution in [0.4, 0.5) is 0 Å². The first kappa shape index (κ1) is 87.5. The highest BCUT2D eigenvalue weighted by Crippen LogP contribution is 2.45. The van der Waals surface area contributed by atoms with Crippen LogP contribution in [0, 0.1) is 5.92 Å². The Labute approximate surface area is 548 Å². The molecule has 0 saturated carbocycles. The third kappa shape index (κ3) is 64.3.